The first-order chi connectivity index (χ1) is 9.41. The summed E-state index contributed by atoms with van der Waals surface area (Å²) in [5, 5.41) is 9.71. The van der Waals surface area contributed by atoms with Gasteiger partial charge in [0.05, 0.1) is 6.42 Å². The number of carboxylic acid groups (broad SMARTS) is 1. The van der Waals surface area contributed by atoms with Crippen molar-refractivity contribution in [2.45, 2.75) is 45.2 Å². The van der Waals surface area contributed by atoms with Crippen LogP contribution < -0.4 is 0 Å². The lowest BCUT2D eigenvalue weighted by molar-refractivity contribution is -0.149. The molecule has 1 aliphatic rings. The first-order valence-corrected chi connectivity index (χ1v) is 7.07. The number of halogens is 1. The summed E-state index contributed by atoms with van der Waals surface area (Å²) in [5.74, 6) is -1.14. The van der Waals surface area contributed by atoms with E-state index < -0.39 is 12.0 Å². The van der Waals surface area contributed by atoms with Crippen molar-refractivity contribution in [1.29, 1.82) is 0 Å². The highest BCUT2D eigenvalue weighted by molar-refractivity contribution is 6.32. The molecule has 1 saturated carbocycles. The molecular weight excluding hydrogens is 278 g/mol. The van der Waals surface area contributed by atoms with Gasteiger partial charge in [0.1, 0.15) is 6.04 Å². The van der Waals surface area contributed by atoms with Crippen molar-refractivity contribution < 1.29 is 14.7 Å². The normalized spacial score (nSPS) is 15.8. The van der Waals surface area contributed by atoms with Gasteiger partial charge in [0.2, 0.25) is 5.91 Å². The van der Waals surface area contributed by atoms with Crippen LogP contribution >= 0.6 is 11.6 Å². The highest BCUT2D eigenvalue weighted by atomic mass is 35.5. The fraction of sp³-hybridized carbons (Fsp3) is 0.467. The second-order valence-electron chi connectivity index (χ2n) is 5.27. The minimum atomic E-state index is -0.972. The van der Waals surface area contributed by atoms with E-state index >= 15 is 0 Å². The number of carbonyl (C=O) groups excluding carboxylic acids is 1. The second kappa shape index (κ2) is 5.83. The third kappa shape index (κ3) is 3.12. The van der Waals surface area contributed by atoms with Gasteiger partial charge in [0.25, 0.3) is 0 Å². The molecule has 4 nitrogen and oxygen atoms in total. The van der Waals surface area contributed by atoms with Gasteiger partial charge < -0.3 is 10.0 Å². The van der Waals surface area contributed by atoms with Crippen LogP contribution in [0.4, 0.5) is 0 Å². The molecule has 1 atom stereocenters. The number of carboxylic acids is 1. The Bertz CT molecular complexity index is 540. The van der Waals surface area contributed by atoms with Crippen LogP contribution in [0.2, 0.25) is 5.02 Å². The summed E-state index contributed by atoms with van der Waals surface area (Å²) >= 11 is 6.19. The molecule has 5 heteroatoms. The van der Waals surface area contributed by atoms with Gasteiger partial charge in [-0.1, -0.05) is 29.8 Å². The molecule has 1 unspecified atom stereocenters. The average molecular weight is 296 g/mol. The molecule has 1 N–H and O–H groups in total. The lowest BCUT2D eigenvalue weighted by Gasteiger charge is -2.26. The van der Waals surface area contributed by atoms with Crippen molar-refractivity contribution in [1.82, 2.24) is 4.90 Å². The van der Waals surface area contributed by atoms with Crippen molar-refractivity contribution in [2.24, 2.45) is 0 Å². The molecule has 20 heavy (non-hydrogen) atoms. The number of hydrogen-bond acceptors (Lipinski definition) is 2. The van der Waals surface area contributed by atoms with Gasteiger partial charge in [0.15, 0.2) is 0 Å². The minimum Gasteiger partial charge on any atom is -0.480 e. The van der Waals surface area contributed by atoms with E-state index in [0.717, 1.165) is 24.0 Å². The zero-order valence-electron chi connectivity index (χ0n) is 11.6. The molecule has 0 spiro atoms. The molecule has 1 aromatic carbocycles. The third-order valence-corrected chi connectivity index (χ3v) is 4.16. The topological polar surface area (TPSA) is 57.6 Å². The zero-order chi connectivity index (χ0) is 14.9. The van der Waals surface area contributed by atoms with Crippen LogP contribution in [-0.4, -0.2) is 34.0 Å². The molecular formula is C15H18ClNO3. The Morgan fingerprint density at radius 1 is 1.45 bits per heavy atom. The SMILES string of the molecule is Cc1cccc(CC(=O)N(C2CC2)C(C)C(=O)O)c1Cl. The quantitative estimate of drug-likeness (QED) is 0.908. The smallest absolute Gasteiger partial charge is 0.326 e. The van der Waals surface area contributed by atoms with Crippen LogP contribution in [0.3, 0.4) is 0 Å². The maximum Gasteiger partial charge on any atom is 0.326 e. The number of hydrogen-bond donors (Lipinski definition) is 1. The Morgan fingerprint density at radius 3 is 2.65 bits per heavy atom. The van der Waals surface area contributed by atoms with Crippen LogP contribution in [-0.2, 0) is 16.0 Å². The number of nitrogens with zero attached hydrogens (tertiary/aromatic N) is 1. The Morgan fingerprint density at radius 2 is 2.10 bits per heavy atom. The van der Waals surface area contributed by atoms with E-state index in [1.165, 1.54) is 4.90 Å². The fourth-order valence-corrected chi connectivity index (χ4v) is 2.50. The molecule has 2 rings (SSSR count). The van der Waals surface area contributed by atoms with Crippen molar-refractivity contribution in [3.63, 3.8) is 0 Å². The number of aliphatic carboxylic acids is 1. The average Bonchev–Trinajstić information content (AvgIpc) is 3.19. The van der Waals surface area contributed by atoms with Crippen molar-refractivity contribution in [3.05, 3.63) is 34.3 Å². The highest BCUT2D eigenvalue weighted by Gasteiger charge is 2.38. The first kappa shape index (κ1) is 14.9. The summed E-state index contributed by atoms with van der Waals surface area (Å²) in [7, 11) is 0. The fourth-order valence-electron chi connectivity index (χ4n) is 2.31. The summed E-state index contributed by atoms with van der Waals surface area (Å²) in [6, 6.07) is 4.82. The second-order valence-corrected chi connectivity index (χ2v) is 5.65. The maximum atomic E-state index is 12.4. The van der Waals surface area contributed by atoms with Crippen molar-refractivity contribution in [3.8, 4) is 0 Å². The van der Waals surface area contributed by atoms with E-state index in [9.17, 15) is 9.59 Å². The molecule has 0 bridgehead atoms. The standard InChI is InChI=1S/C15H18ClNO3/c1-9-4-3-5-11(14(9)16)8-13(18)17(12-6-7-12)10(2)15(19)20/h3-5,10,12H,6-8H2,1-2H3,(H,19,20). The summed E-state index contributed by atoms with van der Waals surface area (Å²) in [5.41, 5.74) is 1.67. The van der Waals surface area contributed by atoms with Crippen LogP contribution in [0.5, 0.6) is 0 Å². The van der Waals surface area contributed by atoms with E-state index in [2.05, 4.69) is 0 Å². The van der Waals surface area contributed by atoms with Crippen LogP contribution in [0.15, 0.2) is 18.2 Å². The van der Waals surface area contributed by atoms with Gasteiger partial charge in [-0.25, -0.2) is 4.79 Å². The number of benzene rings is 1. The van der Waals surface area contributed by atoms with Crippen LogP contribution in [0.1, 0.15) is 30.9 Å². The zero-order valence-corrected chi connectivity index (χ0v) is 12.4. The first-order valence-electron chi connectivity index (χ1n) is 6.69. The van der Waals surface area contributed by atoms with Gasteiger partial charge in [-0.2, -0.15) is 0 Å². The monoisotopic (exact) mass is 295 g/mol. The van der Waals surface area contributed by atoms with Gasteiger partial charge in [0, 0.05) is 11.1 Å². The molecule has 108 valence electrons. The van der Waals surface area contributed by atoms with Gasteiger partial charge in [-0.3, -0.25) is 4.79 Å². The van der Waals surface area contributed by atoms with E-state index in [4.69, 9.17) is 16.7 Å². The van der Waals surface area contributed by atoms with Crippen LogP contribution in [0.25, 0.3) is 0 Å². The lowest BCUT2D eigenvalue weighted by atomic mass is 10.1. The molecule has 0 radical (unpaired) electrons. The Hall–Kier alpha value is -1.55. The summed E-state index contributed by atoms with van der Waals surface area (Å²) in [6.45, 7) is 3.44. The van der Waals surface area contributed by atoms with E-state index in [-0.39, 0.29) is 18.4 Å². The van der Waals surface area contributed by atoms with E-state index in [1.54, 1.807) is 6.92 Å². The van der Waals surface area contributed by atoms with Crippen molar-refractivity contribution in [2.75, 3.05) is 0 Å². The Labute approximate surface area is 123 Å². The summed E-state index contributed by atoms with van der Waals surface area (Å²) in [4.78, 5) is 25.0. The minimum absolute atomic E-state index is 0.0668. The number of carbonyl (C=O) groups is 2. The maximum absolute atomic E-state index is 12.4. The molecule has 1 fully saturated rings. The Balaban J connectivity index is 2.16. The number of rotatable bonds is 5. The predicted molar refractivity (Wildman–Crippen MR) is 76.9 cm³/mol. The molecule has 0 aromatic heterocycles. The van der Waals surface area contributed by atoms with Crippen LogP contribution in [0, 0.1) is 6.92 Å². The molecule has 0 heterocycles. The van der Waals surface area contributed by atoms with Gasteiger partial charge in [-0.05, 0) is 37.8 Å². The summed E-state index contributed by atoms with van der Waals surface area (Å²) in [6.07, 6.45) is 1.91. The number of amides is 1. The molecule has 0 saturated heterocycles. The molecule has 1 aliphatic carbocycles. The van der Waals surface area contributed by atoms with Gasteiger partial charge >= 0.3 is 5.97 Å². The largest absolute Gasteiger partial charge is 0.480 e. The number of aryl methyl sites for hydroxylation is 1. The Kier molecular flexibility index (Phi) is 4.33. The van der Waals surface area contributed by atoms with E-state index in [0.29, 0.717) is 5.02 Å². The predicted octanol–water partition coefficient (Wildman–Crippen LogP) is 2.66. The molecule has 1 amide bonds. The van der Waals surface area contributed by atoms with E-state index in [1.807, 2.05) is 25.1 Å². The van der Waals surface area contributed by atoms with Gasteiger partial charge in [-0.15, -0.1) is 0 Å². The lowest BCUT2D eigenvalue weighted by Crippen LogP contribution is -2.45. The summed E-state index contributed by atoms with van der Waals surface area (Å²) < 4.78 is 0. The third-order valence-electron chi connectivity index (χ3n) is 3.62. The molecule has 1 aromatic rings. The van der Waals surface area contributed by atoms with Crippen molar-refractivity contribution >= 4 is 23.5 Å². The molecule has 0 aliphatic heterocycles. The highest BCUT2D eigenvalue weighted by Crippen LogP contribution is 2.30.